The van der Waals surface area contributed by atoms with Gasteiger partial charge in [-0.25, -0.2) is 0 Å². The van der Waals surface area contributed by atoms with Crippen molar-refractivity contribution in [3.63, 3.8) is 0 Å². The quantitative estimate of drug-likeness (QED) is 0.591. The summed E-state index contributed by atoms with van der Waals surface area (Å²) in [6.45, 7) is 2.22. The van der Waals surface area contributed by atoms with Crippen LogP contribution in [0.25, 0.3) is 0 Å². The minimum atomic E-state index is 0.0514. The normalized spacial score (nSPS) is 16.7. The highest BCUT2D eigenvalue weighted by Crippen LogP contribution is 2.33. The number of halogens is 1. The molecule has 0 unspecified atom stereocenters. The van der Waals surface area contributed by atoms with E-state index < -0.39 is 0 Å². The summed E-state index contributed by atoms with van der Waals surface area (Å²) in [5.74, 6) is 0.0514. The zero-order chi connectivity index (χ0) is 15.1. The smallest absolute Gasteiger partial charge is 0.255 e. The van der Waals surface area contributed by atoms with Crippen LogP contribution in [-0.4, -0.2) is 5.91 Å². The molecule has 1 heterocycles. The number of anilines is 1. The predicted molar refractivity (Wildman–Crippen MR) is 92.4 cm³/mol. The van der Waals surface area contributed by atoms with Crippen molar-refractivity contribution in [3.8, 4) is 0 Å². The Kier molecular flexibility index (Phi) is 6.24. The molecule has 0 saturated carbocycles. The molecule has 0 bridgehead atoms. The molecule has 0 aromatic heterocycles. The van der Waals surface area contributed by atoms with Crippen molar-refractivity contribution in [2.75, 3.05) is 4.90 Å². The first-order valence-corrected chi connectivity index (χ1v) is 8.60. The monoisotopic (exact) mass is 347 g/mol. The summed E-state index contributed by atoms with van der Waals surface area (Å²) in [6, 6.07) is 9.80. The molecule has 0 fully saturated rings. The lowest BCUT2D eigenvalue weighted by molar-refractivity contribution is -0.113. The molecule has 3 heteroatoms. The molecule has 0 N–H and O–H groups in total. The first-order chi connectivity index (χ1) is 10.3. The number of nitrogens with zero attached hydrogens (tertiary/aromatic N) is 1. The summed E-state index contributed by atoms with van der Waals surface area (Å²) in [7, 11) is 0. The second-order valence-electron chi connectivity index (χ2n) is 5.34. The van der Waals surface area contributed by atoms with Crippen molar-refractivity contribution in [1.82, 2.24) is 0 Å². The van der Waals surface area contributed by atoms with E-state index in [1.807, 2.05) is 35.3 Å². The van der Waals surface area contributed by atoms with E-state index in [9.17, 15) is 4.79 Å². The molecular weight excluding hydrogens is 326 g/mol. The fraction of sp³-hybridized carbons (Fsp3) is 0.389. The number of para-hydroxylation sites is 1. The van der Waals surface area contributed by atoms with Crippen molar-refractivity contribution in [2.45, 2.75) is 45.4 Å². The molecule has 1 amide bonds. The van der Waals surface area contributed by atoms with Crippen LogP contribution < -0.4 is 4.90 Å². The summed E-state index contributed by atoms with van der Waals surface area (Å²) in [5.41, 5.74) is 3.03. The molecule has 21 heavy (non-hydrogen) atoms. The van der Waals surface area contributed by atoms with Gasteiger partial charge in [-0.1, -0.05) is 66.7 Å². The molecule has 2 nitrogen and oxygen atoms in total. The van der Waals surface area contributed by atoms with Crippen molar-refractivity contribution in [3.05, 3.63) is 52.7 Å². The van der Waals surface area contributed by atoms with Crippen LogP contribution >= 0.6 is 15.9 Å². The van der Waals surface area contributed by atoms with Crippen molar-refractivity contribution < 1.29 is 4.79 Å². The average molecular weight is 348 g/mol. The van der Waals surface area contributed by atoms with Crippen LogP contribution in [0.3, 0.4) is 0 Å². The minimum absolute atomic E-state index is 0.0514. The van der Waals surface area contributed by atoms with E-state index in [0.717, 1.165) is 29.8 Å². The van der Waals surface area contributed by atoms with Gasteiger partial charge >= 0.3 is 0 Å². The van der Waals surface area contributed by atoms with Crippen LogP contribution in [0.4, 0.5) is 5.69 Å². The van der Waals surface area contributed by atoms with Gasteiger partial charge in [0.15, 0.2) is 0 Å². The molecule has 0 saturated heterocycles. The molecule has 0 atom stereocenters. The van der Waals surface area contributed by atoms with Crippen LogP contribution in [-0.2, 0) is 4.79 Å². The predicted octanol–water partition coefficient (Wildman–Crippen LogP) is 5.56. The van der Waals surface area contributed by atoms with Gasteiger partial charge in [-0.15, -0.1) is 0 Å². The molecule has 0 spiro atoms. The van der Waals surface area contributed by atoms with Gasteiger partial charge in [-0.2, -0.15) is 0 Å². The third-order valence-electron chi connectivity index (χ3n) is 3.76. The van der Waals surface area contributed by atoms with Crippen molar-refractivity contribution in [2.24, 2.45) is 0 Å². The minimum Gasteiger partial charge on any atom is -0.277 e. The Balaban J connectivity index is 2.01. The Bertz CT molecular complexity index is 533. The molecule has 2 rings (SSSR count). The molecule has 1 aliphatic heterocycles. The Morgan fingerprint density at radius 3 is 2.48 bits per heavy atom. The zero-order valence-corrected chi connectivity index (χ0v) is 14.1. The molecule has 1 aromatic carbocycles. The number of hydrogen-bond acceptors (Lipinski definition) is 1. The molecule has 1 aliphatic rings. The summed E-state index contributed by atoms with van der Waals surface area (Å²) in [4.78, 5) is 15.9. The number of carbonyl (C=O) groups excluding carboxylic acids is 1. The van der Waals surface area contributed by atoms with Crippen LogP contribution in [0.15, 0.2) is 52.7 Å². The number of allylic oxidation sites excluding steroid dienone is 1. The van der Waals surface area contributed by atoms with Crippen LogP contribution in [0, 0.1) is 0 Å². The maximum absolute atomic E-state index is 12.3. The summed E-state index contributed by atoms with van der Waals surface area (Å²) < 4.78 is 0. The average Bonchev–Trinajstić information content (AvgIpc) is 2.83. The fourth-order valence-electron chi connectivity index (χ4n) is 2.63. The summed E-state index contributed by atoms with van der Waals surface area (Å²) in [6.07, 6.45) is 8.97. The van der Waals surface area contributed by atoms with Gasteiger partial charge in [0.1, 0.15) is 0 Å². The van der Waals surface area contributed by atoms with Gasteiger partial charge in [0.25, 0.3) is 5.91 Å². The van der Waals surface area contributed by atoms with E-state index in [1.54, 1.807) is 11.0 Å². The highest BCUT2D eigenvalue weighted by Gasteiger charge is 2.27. The Morgan fingerprint density at radius 1 is 1.10 bits per heavy atom. The van der Waals surface area contributed by atoms with Gasteiger partial charge in [-0.05, 0) is 30.5 Å². The maximum atomic E-state index is 12.3. The van der Waals surface area contributed by atoms with Gasteiger partial charge in [-0.3, -0.25) is 9.69 Å². The number of rotatable bonds is 7. The first-order valence-electron chi connectivity index (χ1n) is 7.68. The standard InChI is InChI=1S/C18H22BrNO/c1-2-3-4-5-7-10-15-13-18(21)20(17(15)14-19)16-11-8-6-9-12-16/h6,8-9,11-14H,2-5,7,10H2,1H3. The number of carbonyl (C=O) groups is 1. The fourth-order valence-corrected chi connectivity index (χ4v) is 3.13. The number of benzene rings is 1. The SMILES string of the molecule is CCCCCCCC1=CC(=O)N(c2ccccc2)C1=CBr. The highest BCUT2D eigenvalue weighted by atomic mass is 79.9. The van der Waals surface area contributed by atoms with E-state index in [4.69, 9.17) is 0 Å². The Labute approximate surface area is 135 Å². The summed E-state index contributed by atoms with van der Waals surface area (Å²) >= 11 is 3.42. The van der Waals surface area contributed by atoms with Gasteiger partial charge in [0.2, 0.25) is 0 Å². The van der Waals surface area contributed by atoms with Gasteiger partial charge in [0, 0.05) is 16.7 Å². The topological polar surface area (TPSA) is 20.3 Å². The third-order valence-corrected chi connectivity index (χ3v) is 4.19. The second kappa shape index (κ2) is 8.18. The van der Waals surface area contributed by atoms with Crippen molar-refractivity contribution in [1.29, 1.82) is 0 Å². The van der Waals surface area contributed by atoms with Crippen LogP contribution in [0.2, 0.25) is 0 Å². The third kappa shape index (κ3) is 4.07. The number of hydrogen-bond donors (Lipinski definition) is 0. The largest absolute Gasteiger partial charge is 0.277 e. The Morgan fingerprint density at radius 2 is 1.81 bits per heavy atom. The highest BCUT2D eigenvalue weighted by molar-refractivity contribution is 9.11. The lowest BCUT2D eigenvalue weighted by atomic mass is 10.0. The van der Waals surface area contributed by atoms with Gasteiger partial charge in [0.05, 0.1) is 5.70 Å². The number of amides is 1. The van der Waals surface area contributed by atoms with E-state index >= 15 is 0 Å². The van der Waals surface area contributed by atoms with E-state index in [1.165, 1.54) is 25.7 Å². The molecule has 1 aromatic rings. The number of unbranched alkanes of at least 4 members (excludes halogenated alkanes) is 4. The molecule has 0 radical (unpaired) electrons. The first kappa shape index (κ1) is 16.0. The Hall–Kier alpha value is -1.35. The van der Waals surface area contributed by atoms with Crippen molar-refractivity contribution >= 4 is 27.5 Å². The van der Waals surface area contributed by atoms with E-state index in [-0.39, 0.29) is 5.91 Å². The van der Waals surface area contributed by atoms with E-state index in [2.05, 4.69) is 22.9 Å². The second-order valence-corrected chi connectivity index (χ2v) is 5.80. The molecule has 0 aliphatic carbocycles. The zero-order valence-electron chi connectivity index (χ0n) is 12.5. The summed E-state index contributed by atoms with van der Waals surface area (Å²) in [5, 5.41) is 0. The van der Waals surface area contributed by atoms with E-state index in [0.29, 0.717) is 0 Å². The van der Waals surface area contributed by atoms with Gasteiger partial charge < -0.3 is 0 Å². The van der Waals surface area contributed by atoms with Crippen LogP contribution in [0.5, 0.6) is 0 Å². The molecule has 112 valence electrons. The lowest BCUT2D eigenvalue weighted by Crippen LogP contribution is -2.23. The maximum Gasteiger partial charge on any atom is 0.255 e. The molecular formula is C18H22BrNO. The lowest BCUT2D eigenvalue weighted by Gasteiger charge is -2.19. The van der Waals surface area contributed by atoms with Crippen LogP contribution in [0.1, 0.15) is 45.4 Å².